The van der Waals surface area contributed by atoms with Gasteiger partial charge in [0.25, 0.3) is 5.91 Å². The van der Waals surface area contributed by atoms with Crippen LogP contribution in [0.25, 0.3) is 9.88 Å². The van der Waals surface area contributed by atoms with Gasteiger partial charge in [-0.2, -0.15) is 0 Å². The maximum Gasteiger partial charge on any atom is 0.273 e. The van der Waals surface area contributed by atoms with Crippen LogP contribution in [0.15, 0.2) is 37.2 Å². The van der Waals surface area contributed by atoms with Crippen molar-refractivity contribution in [1.29, 1.82) is 0 Å². The smallest absolute Gasteiger partial charge is 0.273 e. The molecule has 0 aliphatic heterocycles. The van der Waals surface area contributed by atoms with Gasteiger partial charge in [-0.25, -0.2) is 4.98 Å². The third-order valence-corrected chi connectivity index (χ3v) is 7.18. The van der Waals surface area contributed by atoms with Crippen molar-refractivity contribution in [2.45, 2.75) is 6.54 Å². The van der Waals surface area contributed by atoms with Gasteiger partial charge in [-0.15, -0.1) is 34.0 Å². The van der Waals surface area contributed by atoms with Crippen LogP contribution < -0.4 is 0 Å². The highest BCUT2D eigenvalue weighted by molar-refractivity contribution is 9.11. The molecule has 0 bridgehead atoms. The quantitative estimate of drug-likeness (QED) is 0.480. The maximum absolute atomic E-state index is 12.5. The molecule has 0 fully saturated rings. The molecule has 0 N–H and O–H groups in total. The van der Waals surface area contributed by atoms with Crippen LogP contribution in [0.1, 0.15) is 15.4 Å². The molecule has 0 aliphatic rings. The van der Waals surface area contributed by atoms with E-state index < -0.39 is 0 Å². The molecule has 0 unspecified atom stereocenters. The van der Waals surface area contributed by atoms with Crippen LogP contribution >= 0.6 is 65.9 Å². The van der Waals surface area contributed by atoms with Gasteiger partial charge in [-0.1, -0.05) is 0 Å². The summed E-state index contributed by atoms with van der Waals surface area (Å²) in [4.78, 5) is 20.8. The number of halogens is 2. The Morgan fingerprint density at radius 3 is 2.73 bits per heavy atom. The lowest BCUT2D eigenvalue weighted by Crippen LogP contribution is -2.26. The van der Waals surface area contributed by atoms with E-state index in [1.54, 1.807) is 34.6 Å². The minimum Gasteiger partial charge on any atom is -0.335 e. The molecule has 114 valence electrons. The molecular formula is C14H10Br2N2OS3. The van der Waals surface area contributed by atoms with Gasteiger partial charge in [-0.05, 0) is 50.1 Å². The summed E-state index contributed by atoms with van der Waals surface area (Å²) in [5.74, 6) is -0.0531. The number of thiazole rings is 1. The first-order valence-electron chi connectivity index (χ1n) is 6.22. The predicted octanol–water partition coefficient (Wildman–Crippen LogP) is 5.73. The molecule has 3 aromatic rings. The molecular weight excluding hydrogens is 468 g/mol. The summed E-state index contributed by atoms with van der Waals surface area (Å²) in [6, 6.07) is 6.03. The molecule has 1 amide bonds. The molecule has 0 aromatic carbocycles. The van der Waals surface area contributed by atoms with Gasteiger partial charge in [0.2, 0.25) is 0 Å². The minimum absolute atomic E-state index is 0.0531. The van der Waals surface area contributed by atoms with E-state index in [2.05, 4.69) is 36.8 Å². The fourth-order valence-corrected chi connectivity index (χ4v) is 5.69. The van der Waals surface area contributed by atoms with Crippen molar-refractivity contribution in [2.75, 3.05) is 7.05 Å². The Kier molecular flexibility index (Phi) is 5.13. The summed E-state index contributed by atoms with van der Waals surface area (Å²) in [6.07, 6.45) is 0. The zero-order valence-corrected chi connectivity index (χ0v) is 17.0. The van der Waals surface area contributed by atoms with Gasteiger partial charge in [0.1, 0.15) is 10.7 Å². The van der Waals surface area contributed by atoms with Crippen LogP contribution in [0.5, 0.6) is 0 Å². The largest absolute Gasteiger partial charge is 0.335 e. The average Bonchev–Trinajstić information content (AvgIpc) is 3.19. The predicted molar refractivity (Wildman–Crippen MR) is 101 cm³/mol. The van der Waals surface area contributed by atoms with Gasteiger partial charge in [0.05, 0.1) is 15.2 Å². The van der Waals surface area contributed by atoms with E-state index >= 15 is 0 Å². The number of hydrogen-bond acceptors (Lipinski definition) is 5. The third kappa shape index (κ3) is 3.68. The van der Waals surface area contributed by atoms with Gasteiger partial charge >= 0.3 is 0 Å². The summed E-state index contributed by atoms with van der Waals surface area (Å²) >= 11 is 11.6. The van der Waals surface area contributed by atoms with E-state index in [4.69, 9.17) is 0 Å². The Balaban J connectivity index is 1.73. The van der Waals surface area contributed by atoms with Crippen molar-refractivity contribution < 1.29 is 4.79 Å². The second-order valence-corrected chi connectivity index (χ2v) is 9.77. The van der Waals surface area contributed by atoms with E-state index in [1.807, 2.05) is 29.0 Å². The molecule has 0 saturated carbocycles. The highest BCUT2D eigenvalue weighted by Gasteiger charge is 2.17. The second-order valence-electron chi connectivity index (χ2n) is 4.53. The number of carbonyl (C=O) groups is 1. The number of amides is 1. The van der Waals surface area contributed by atoms with Crippen LogP contribution in [0.3, 0.4) is 0 Å². The van der Waals surface area contributed by atoms with Gasteiger partial charge in [-0.3, -0.25) is 4.79 Å². The Labute approximate surface area is 156 Å². The monoisotopic (exact) mass is 476 g/mol. The number of carbonyl (C=O) groups excluding carboxylic acids is 1. The van der Waals surface area contributed by atoms with Crippen LogP contribution in [-0.4, -0.2) is 22.8 Å². The molecule has 3 nitrogen and oxygen atoms in total. The molecule has 0 radical (unpaired) electrons. The van der Waals surface area contributed by atoms with E-state index in [0.29, 0.717) is 12.2 Å². The van der Waals surface area contributed by atoms with Crippen LogP contribution in [0.4, 0.5) is 0 Å². The Morgan fingerprint density at radius 1 is 1.27 bits per heavy atom. The lowest BCUT2D eigenvalue weighted by molar-refractivity contribution is 0.0781. The lowest BCUT2D eigenvalue weighted by atomic mass is 10.3. The standard InChI is InChI=1S/C14H10Br2N2OS3/c1-18(5-9-2-3-12(16)22-9)14(19)10-7-21-13(17-10)11-4-8(15)6-20-11/h2-4,6-7H,5H2,1H3. The normalized spacial score (nSPS) is 10.9. The van der Waals surface area contributed by atoms with Crippen molar-refractivity contribution in [3.05, 3.63) is 47.8 Å². The molecule has 22 heavy (non-hydrogen) atoms. The number of nitrogens with zero attached hydrogens (tertiary/aromatic N) is 2. The molecule has 8 heteroatoms. The molecule has 0 saturated heterocycles. The first-order chi connectivity index (χ1) is 10.5. The van der Waals surface area contributed by atoms with Crippen molar-refractivity contribution in [2.24, 2.45) is 0 Å². The number of thiophene rings is 2. The SMILES string of the molecule is CN(Cc1ccc(Br)s1)C(=O)c1csc(-c2cc(Br)cs2)n1. The molecule has 0 atom stereocenters. The van der Waals surface area contributed by atoms with Crippen molar-refractivity contribution in [1.82, 2.24) is 9.88 Å². The van der Waals surface area contributed by atoms with Gasteiger partial charge in [0, 0.05) is 27.2 Å². The highest BCUT2D eigenvalue weighted by atomic mass is 79.9. The van der Waals surface area contributed by atoms with E-state index in [1.165, 1.54) is 11.3 Å². The van der Waals surface area contributed by atoms with E-state index in [-0.39, 0.29) is 5.91 Å². The first kappa shape index (κ1) is 16.3. The van der Waals surface area contributed by atoms with E-state index in [0.717, 1.165) is 23.0 Å². The fourth-order valence-electron chi connectivity index (χ4n) is 1.85. The summed E-state index contributed by atoms with van der Waals surface area (Å²) < 4.78 is 2.11. The third-order valence-electron chi connectivity index (χ3n) is 2.87. The zero-order valence-electron chi connectivity index (χ0n) is 11.4. The maximum atomic E-state index is 12.5. The number of hydrogen-bond donors (Lipinski definition) is 0. The zero-order chi connectivity index (χ0) is 15.7. The van der Waals surface area contributed by atoms with Crippen LogP contribution in [0.2, 0.25) is 0 Å². The fraction of sp³-hybridized carbons (Fsp3) is 0.143. The lowest BCUT2D eigenvalue weighted by Gasteiger charge is -2.14. The average molecular weight is 478 g/mol. The summed E-state index contributed by atoms with van der Waals surface area (Å²) in [5.41, 5.74) is 0.502. The van der Waals surface area contributed by atoms with Gasteiger partial charge < -0.3 is 4.90 Å². The van der Waals surface area contributed by atoms with Crippen molar-refractivity contribution >= 4 is 71.8 Å². The minimum atomic E-state index is -0.0531. The number of aromatic nitrogens is 1. The number of rotatable bonds is 4. The van der Waals surface area contributed by atoms with E-state index in [9.17, 15) is 4.79 Å². The Morgan fingerprint density at radius 2 is 2.09 bits per heavy atom. The molecule has 3 aromatic heterocycles. The summed E-state index contributed by atoms with van der Waals surface area (Å²) in [6.45, 7) is 0.590. The van der Waals surface area contributed by atoms with Crippen LogP contribution in [0, 0.1) is 0 Å². The summed E-state index contributed by atoms with van der Waals surface area (Å²) in [7, 11) is 1.80. The van der Waals surface area contributed by atoms with Crippen LogP contribution in [-0.2, 0) is 6.54 Å². The molecule has 3 heterocycles. The van der Waals surface area contributed by atoms with Gasteiger partial charge in [0.15, 0.2) is 0 Å². The Hall–Kier alpha value is -0.540. The molecule has 3 rings (SSSR count). The highest BCUT2D eigenvalue weighted by Crippen LogP contribution is 2.32. The van der Waals surface area contributed by atoms with Crippen molar-refractivity contribution in [3.63, 3.8) is 0 Å². The first-order valence-corrected chi connectivity index (χ1v) is 10.4. The molecule has 0 aliphatic carbocycles. The topological polar surface area (TPSA) is 33.2 Å². The second kappa shape index (κ2) is 6.92. The molecule has 0 spiro atoms. The Bertz CT molecular complexity index is 808. The summed E-state index contributed by atoms with van der Waals surface area (Å²) in [5, 5.41) is 4.72. The van der Waals surface area contributed by atoms with Crippen molar-refractivity contribution in [3.8, 4) is 9.88 Å².